The van der Waals surface area contributed by atoms with Gasteiger partial charge >= 0.3 is 0 Å². The Labute approximate surface area is 208 Å². The molecule has 2 amide bonds. The van der Waals surface area contributed by atoms with Gasteiger partial charge in [-0.25, -0.2) is 0 Å². The highest BCUT2D eigenvalue weighted by Gasteiger charge is 2.44. The van der Waals surface area contributed by atoms with E-state index in [9.17, 15) is 9.59 Å². The third-order valence-corrected chi connectivity index (χ3v) is 7.80. The summed E-state index contributed by atoms with van der Waals surface area (Å²) in [5.74, 6) is 1.07. The molecule has 0 saturated heterocycles. The number of benzene rings is 1. The Morgan fingerprint density at radius 2 is 2.17 bits per heavy atom. The number of thiophene rings is 1. The number of rotatable bonds is 7. The molecule has 180 valence electrons. The van der Waals surface area contributed by atoms with Crippen molar-refractivity contribution in [3.05, 3.63) is 75.9 Å². The molecule has 0 radical (unpaired) electrons. The van der Waals surface area contributed by atoms with E-state index in [0.29, 0.717) is 19.5 Å². The lowest BCUT2D eigenvalue weighted by atomic mass is 10.0. The summed E-state index contributed by atoms with van der Waals surface area (Å²) < 4.78 is 5.33. The fourth-order valence-electron chi connectivity index (χ4n) is 4.70. The first kappa shape index (κ1) is 23.2. The lowest BCUT2D eigenvalue weighted by Crippen LogP contribution is -2.36. The molecule has 1 saturated carbocycles. The summed E-state index contributed by atoms with van der Waals surface area (Å²) in [6.45, 7) is 1.19. The average Bonchev–Trinajstić information content (AvgIpc) is 3.62. The second-order valence-corrected chi connectivity index (χ2v) is 10.0. The molecule has 0 spiro atoms. The largest absolute Gasteiger partial charge is 0.497 e. The Morgan fingerprint density at radius 1 is 1.29 bits per heavy atom. The Bertz CT molecular complexity index is 1270. The summed E-state index contributed by atoms with van der Waals surface area (Å²) >= 11 is 1.55. The van der Waals surface area contributed by atoms with E-state index >= 15 is 0 Å². The number of nitrogens with one attached hydrogen (secondary N) is 1. The van der Waals surface area contributed by atoms with Crippen molar-refractivity contribution < 1.29 is 14.3 Å². The van der Waals surface area contributed by atoms with Gasteiger partial charge < -0.3 is 15.0 Å². The first-order valence-electron chi connectivity index (χ1n) is 11.8. The van der Waals surface area contributed by atoms with Crippen molar-refractivity contribution in [3.63, 3.8) is 0 Å². The number of ether oxygens (including phenoxy) is 1. The monoisotopic (exact) mass is 488 g/mol. The second-order valence-electron chi connectivity index (χ2n) is 8.91. The average molecular weight is 489 g/mol. The Balaban J connectivity index is 1.28. The maximum atomic E-state index is 13.1. The lowest BCUT2D eigenvalue weighted by Gasteiger charge is -2.27. The predicted molar refractivity (Wildman–Crippen MR) is 137 cm³/mol. The molecule has 3 heterocycles. The molecule has 2 atom stereocenters. The number of carbonyl (C=O) groups is 2. The van der Waals surface area contributed by atoms with Crippen molar-refractivity contribution in [1.29, 1.82) is 0 Å². The highest BCUT2D eigenvalue weighted by molar-refractivity contribution is 7.17. The van der Waals surface area contributed by atoms with Gasteiger partial charge in [0.2, 0.25) is 11.8 Å². The van der Waals surface area contributed by atoms with Crippen molar-refractivity contribution in [2.45, 2.75) is 31.7 Å². The first-order chi connectivity index (χ1) is 17.1. The van der Waals surface area contributed by atoms with Crippen molar-refractivity contribution in [1.82, 2.24) is 9.88 Å². The van der Waals surface area contributed by atoms with Crippen LogP contribution in [-0.4, -0.2) is 48.6 Å². The number of hydrogen-bond acceptors (Lipinski definition) is 6. The van der Waals surface area contributed by atoms with E-state index in [2.05, 4.69) is 21.4 Å². The zero-order valence-corrected chi connectivity index (χ0v) is 20.7. The molecule has 1 aliphatic heterocycles. The summed E-state index contributed by atoms with van der Waals surface area (Å²) in [5.41, 5.74) is 4.05. The quantitative estimate of drug-likeness (QED) is 0.508. The minimum atomic E-state index is -0.0518. The van der Waals surface area contributed by atoms with Crippen LogP contribution in [0.4, 0.5) is 5.00 Å². The number of hydrogen-bond donors (Lipinski definition) is 1. The maximum Gasteiger partial charge on any atom is 0.228 e. The summed E-state index contributed by atoms with van der Waals surface area (Å²) in [6, 6.07) is 13.6. The molecule has 1 aliphatic carbocycles. The molecule has 2 aliphatic rings. The van der Waals surface area contributed by atoms with Gasteiger partial charge in [0.25, 0.3) is 0 Å². The van der Waals surface area contributed by atoms with Crippen molar-refractivity contribution in [2.24, 2.45) is 10.9 Å². The molecule has 7 nitrogen and oxygen atoms in total. The maximum absolute atomic E-state index is 13.1. The number of anilines is 1. The Kier molecular flexibility index (Phi) is 6.63. The zero-order valence-electron chi connectivity index (χ0n) is 19.9. The molecule has 0 bridgehead atoms. The van der Waals surface area contributed by atoms with Crippen molar-refractivity contribution in [2.75, 3.05) is 26.0 Å². The normalized spacial score (nSPS) is 18.9. The highest BCUT2D eigenvalue weighted by atomic mass is 32.1. The number of methoxy groups -OCH3 is 1. The molecular formula is C27H28N4O3S. The van der Waals surface area contributed by atoms with E-state index in [-0.39, 0.29) is 23.7 Å². The van der Waals surface area contributed by atoms with Crippen molar-refractivity contribution in [3.8, 4) is 5.75 Å². The molecule has 8 heteroatoms. The minimum Gasteiger partial charge on any atom is -0.497 e. The molecular weight excluding hydrogens is 460 g/mol. The third-order valence-electron chi connectivity index (χ3n) is 6.65. The minimum absolute atomic E-state index is 0.0326. The summed E-state index contributed by atoms with van der Waals surface area (Å²) in [5, 5.41) is 3.99. The molecule has 1 fully saturated rings. The number of aliphatic imine (C=N–C) groups is 1. The van der Waals surface area contributed by atoms with Gasteiger partial charge in [-0.05, 0) is 54.2 Å². The summed E-state index contributed by atoms with van der Waals surface area (Å²) in [4.78, 5) is 37.5. The lowest BCUT2D eigenvalue weighted by molar-refractivity contribution is -0.131. The molecule has 1 aromatic carbocycles. The van der Waals surface area contributed by atoms with Crippen LogP contribution in [0.2, 0.25) is 0 Å². The fraction of sp³-hybridized carbons (Fsp3) is 0.333. The van der Waals surface area contributed by atoms with Gasteiger partial charge in [0.1, 0.15) is 10.8 Å². The van der Waals surface area contributed by atoms with E-state index in [1.165, 1.54) is 5.56 Å². The van der Waals surface area contributed by atoms with Gasteiger partial charge in [-0.2, -0.15) is 0 Å². The van der Waals surface area contributed by atoms with Crippen LogP contribution in [0.25, 0.3) is 0 Å². The van der Waals surface area contributed by atoms with Crippen molar-refractivity contribution >= 4 is 34.4 Å². The topological polar surface area (TPSA) is 83.9 Å². The van der Waals surface area contributed by atoms with Gasteiger partial charge in [0, 0.05) is 48.1 Å². The van der Waals surface area contributed by atoms with Gasteiger partial charge in [-0.1, -0.05) is 18.2 Å². The van der Waals surface area contributed by atoms with Crippen LogP contribution in [0.15, 0.2) is 53.7 Å². The van der Waals surface area contributed by atoms with E-state index in [4.69, 9.17) is 4.74 Å². The van der Waals surface area contributed by atoms with Crippen LogP contribution in [-0.2, 0) is 29.0 Å². The number of aromatic nitrogens is 1. The molecule has 1 N–H and O–H groups in total. The number of carbonyl (C=O) groups excluding carboxylic acids is 2. The Hall–Kier alpha value is -3.52. The van der Waals surface area contributed by atoms with Crippen LogP contribution in [0.1, 0.15) is 39.6 Å². The Morgan fingerprint density at radius 3 is 2.94 bits per heavy atom. The molecule has 35 heavy (non-hydrogen) atoms. The van der Waals surface area contributed by atoms with E-state index in [1.54, 1.807) is 31.7 Å². The second kappa shape index (κ2) is 10.00. The van der Waals surface area contributed by atoms with E-state index in [0.717, 1.165) is 45.3 Å². The van der Waals surface area contributed by atoms with Gasteiger partial charge in [0.05, 0.1) is 20.1 Å². The fourth-order valence-corrected chi connectivity index (χ4v) is 5.94. The van der Waals surface area contributed by atoms with Crippen LogP contribution in [0.5, 0.6) is 5.75 Å². The number of fused-ring (bicyclic) bond motifs is 1. The predicted octanol–water partition coefficient (Wildman–Crippen LogP) is 4.07. The third kappa shape index (κ3) is 4.98. The zero-order chi connectivity index (χ0) is 24.4. The number of amides is 2. The summed E-state index contributed by atoms with van der Waals surface area (Å²) in [6.07, 6.45) is 5.40. The molecule has 3 aromatic rings. The molecule has 2 unspecified atom stereocenters. The SMILES string of the molecule is CN=Cc1c(NC(=O)C2CC2c2cccc(OC)c2)sc2c1CCN(C(=O)Cc1ccccn1)C2. The van der Waals surface area contributed by atoms with Crippen LogP contribution >= 0.6 is 11.3 Å². The van der Waals surface area contributed by atoms with Gasteiger partial charge in [-0.15, -0.1) is 11.3 Å². The smallest absolute Gasteiger partial charge is 0.228 e. The van der Waals surface area contributed by atoms with Crippen LogP contribution < -0.4 is 10.1 Å². The molecule has 2 aromatic heterocycles. The summed E-state index contributed by atoms with van der Waals surface area (Å²) in [7, 11) is 3.39. The number of nitrogens with zero attached hydrogens (tertiary/aromatic N) is 3. The van der Waals surface area contributed by atoms with Gasteiger partial charge in [0.15, 0.2) is 0 Å². The van der Waals surface area contributed by atoms with Crippen LogP contribution in [0, 0.1) is 5.92 Å². The first-order valence-corrected chi connectivity index (χ1v) is 12.6. The highest BCUT2D eigenvalue weighted by Crippen LogP contribution is 2.49. The van der Waals surface area contributed by atoms with E-state index < -0.39 is 0 Å². The van der Waals surface area contributed by atoms with E-state index in [1.807, 2.05) is 47.5 Å². The van der Waals surface area contributed by atoms with Gasteiger partial charge in [-0.3, -0.25) is 19.6 Å². The van der Waals surface area contributed by atoms with Crippen LogP contribution in [0.3, 0.4) is 0 Å². The number of pyridine rings is 1. The standard InChI is InChI=1S/C27H28N4O3S/c1-28-15-23-20-9-11-31(25(32)13-18-7-3-4-10-29-18)16-24(20)35-27(23)30-26(33)22-14-21(22)17-6-5-8-19(12-17)34-2/h3-8,10,12,15,21-22H,9,11,13-14,16H2,1-2H3,(H,30,33). The molecule has 5 rings (SSSR count).